The molecule has 7 nitrogen and oxygen atoms in total. The summed E-state index contributed by atoms with van der Waals surface area (Å²) in [6, 6.07) is 9.66. The van der Waals surface area contributed by atoms with E-state index in [9.17, 15) is 9.59 Å². The third-order valence-corrected chi connectivity index (χ3v) is 6.20. The second-order valence-corrected chi connectivity index (χ2v) is 7.88. The van der Waals surface area contributed by atoms with Crippen LogP contribution in [0.2, 0.25) is 0 Å². The number of nitrogens with one attached hydrogen (secondary N) is 2. The molecule has 0 radical (unpaired) electrons. The number of carbonyl (C=O) groups is 2. The van der Waals surface area contributed by atoms with Crippen LogP contribution in [0, 0.1) is 0 Å². The number of aromatic nitrogens is 1. The number of para-hydroxylation sites is 2. The zero-order valence-corrected chi connectivity index (χ0v) is 15.6. The summed E-state index contributed by atoms with van der Waals surface area (Å²) in [5, 5.41) is 6.49. The van der Waals surface area contributed by atoms with Crippen molar-refractivity contribution in [3.05, 3.63) is 47.2 Å². The van der Waals surface area contributed by atoms with Crippen molar-refractivity contribution in [3.8, 4) is 0 Å². The Hall–Kier alpha value is -3.09. The molecule has 1 spiro atoms. The van der Waals surface area contributed by atoms with Crippen LogP contribution in [0.3, 0.4) is 0 Å². The molecule has 2 aliphatic heterocycles. The van der Waals surface area contributed by atoms with Gasteiger partial charge in [0.15, 0.2) is 0 Å². The first kappa shape index (κ1) is 17.0. The standard InChI is InChI=1S/C21H23N5O2/c22-18(27)14-12-13-4-3-7-15(13)23-19(14)26-10-8-21(9-11-26)20(28)24-16-5-1-2-6-17(16)25-21/h1-2,5-6,12,25H,3-4,7-11H2,(H2,22,27)(H,24,28). The molecule has 0 saturated carbocycles. The molecule has 7 heteroatoms. The Bertz CT molecular complexity index is 979. The second kappa shape index (κ2) is 6.22. The van der Waals surface area contributed by atoms with Gasteiger partial charge in [-0.15, -0.1) is 0 Å². The summed E-state index contributed by atoms with van der Waals surface area (Å²) >= 11 is 0. The van der Waals surface area contributed by atoms with Crippen LogP contribution in [-0.4, -0.2) is 35.4 Å². The highest BCUT2D eigenvalue weighted by Crippen LogP contribution is 2.38. The first-order valence-electron chi connectivity index (χ1n) is 9.82. The lowest BCUT2D eigenvalue weighted by atomic mass is 9.84. The predicted molar refractivity (Wildman–Crippen MR) is 108 cm³/mol. The van der Waals surface area contributed by atoms with Gasteiger partial charge >= 0.3 is 0 Å². The Labute approximate surface area is 163 Å². The van der Waals surface area contributed by atoms with E-state index in [2.05, 4.69) is 15.5 Å². The van der Waals surface area contributed by atoms with Crippen molar-refractivity contribution in [2.24, 2.45) is 5.73 Å². The van der Waals surface area contributed by atoms with Gasteiger partial charge in [0, 0.05) is 18.8 Å². The Morgan fingerprint density at radius 2 is 1.89 bits per heavy atom. The number of rotatable bonds is 2. The van der Waals surface area contributed by atoms with E-state index in [4.69, 9.17) is 10.7 Å². The first-order valence-corrected chi connectivity index (χ1v) is 9.82. The molecule has 1 saturated heterocycles. The van der Waals surface area contributed by atoms with Crippen molar-refractivity contribution in [2.45, 2.75) is 37.6 Å². The fourth-order valence-corrected chi connectivity index (χ4v) is 4.59. The molecule has 0 unspecified atom stereocenters. The maximum atomic E-state index is 12.8. The summed E-state index contributed by atoms with van der Waals surface area (Å²) in [7, 11) is 0. The van der Waals surface area contributed by atoms with E-state index in [-0.39, 0.29) is 5.91 Å². The zero-order valence-electron chi connectivity index (χ0n) is 15.6. The van der Waals surface area contributed by atoms with Gasteiger partial charge in [-0.1, -0.05) is 12.1 Å². The number of benzene rings is 1. The molecule has 3 aliphatic rings. The Morgan fingerprint density at radius 3 is 2.64 bits per heavy atom. The van der Waals surface area contributed by atoms with E-state index >= 15 is 0 Å². The molecule has 0 bridgehead atoms. The molecule has 1 aromatic heterocycles. The lowest BCUT2D eigenvalue weighted by Crippen LogP contribution is -2.58. The van der Waals surface area contributed by atoms with Crippen molar-refractivity contribution in [2.75, 3.05) is 28.6 Å². The number of carbonyl (C=O) groups excluding carboxylic acids is 2. The summed E-state index contributed by atoms with van der Waals surface area (Å²) in [4.78, 5) is 31.7. The fraction of sp³-hybridized carbons (Fsp3) is 0.381. The van der Waals surface area contributed by atoms with Gasteiger partial charge in [0.05, 0.1) is 16.9 Å². The highest BCUT2D eigenvalue weighted by atomic mass is 16.2. The number of amides is 2. The van der Waals surface area contributed by atoms with Gasteiger partial charge in [0.25, 0.3) is 5.91 Å². The quantitative estimate of drug-likeness (QED) is 0.744. The van der Waals surface area contributed by atoms with Crippen LogP contribution < -0.4 is 21.3 Å². The van der Waals surface area contributed by atoms with E-state index in [0.717, 1.165) is 41.9 Å². The Balaban J connectivity index is 1.41. The van der Waals surface area contributed by atoms with Crippen LogP contribution in [0.1, 0.15) is 40.9 Å². The lowest BCUT2D eigenvalue weighted by molar-refractivity contribution is -0.121. The Morgan fingerprint density at radius 1 is 1.14 bits per heavy atom. The lowest BCUT2D eigenvalue weighted by Gasteiger charge is -2.44. The van der Waals surface area contributed by atoms with E-state index in [1.807, 2.05) is 30.3 Å². The van der Waals surface area contributed by atoms with Crippen molar-refractivity contribution >= 4 is 29.0 Å². The normalized spacial score (nSPS) is 19.6. The van der Waals surface area contributed by atoms with Gasteiger partial charge in [-0.25, -0.2) is 4.98 Å². The molecule has 2 amide bonds. The summed E-state index contributed by atoms with van der Waals surface area (Å²) < 4.78 is 0. The first-order chi connectivity index (χ1) is 13.6. The van der Waals surface area contributed by atoms with Gasteiger partial charge < -0.3 is 21.3 Å². The average molecular weight is 377 g/mol. The number of nitrogens with zero attached hydrogens (tertiary/aromatic N) is 2. The number of hydrogen-bond acceptors (Lipinski definition) is 5. The second-order valence-electron chi connectivity index (χ2n) is 7.88. The maximum Gasteiger partial charge on any atom is 0.252 e. The fourth-order valence-electron chi connectivity index (χ4n) is 4.59. The maximum absolute atomic E-state index is 12.8. The van der Waals surface area contributed by atoms with Crippen LogP contribution in [0.15, 0.2) is 30.3 Å². The van der Waals surface area contributed by atoms with E-state index in [1.165, 1.54) is 0 Å². The molecule has 144 valence electrons. The number of anilines is 3. The highest BCUT2D eigenvalue weighted by Gasteiger charge is 2.44. The number of fused-ring (bicyclic) bond motifs is 2. The number of nitrogens with two attached hydrogens (primary N) is 1. The molecule has 0 atom stereocenters. The minimum Gasteiger partial charge on any atom is -0.369 e. The third kappa shape index (κ3) is 2.61. The van der Waals surface area contributed by atoms with Crippen LogP contribution >= 0.6 is 0 Å². The van der Waals surface area contributed by atoms with Crippen LogP contribution in [-0.2, 0) is 17.6 Å². The summed E-state index contributed by atoms with van der Waals surface area (Å²) in [5.74, 6) is 0.224. The van der Waals surface area contributed by atoms with Gasteiger partial charge in [0.2, 0.25) is 5.91 Å². The number of aryl methyl sites for hydroxylation is 2. The average Bonchev–Trinajstić information content (AvgIpc) is 3.16. The van der Waals surface area contributed by atoms with Crippen LogP contribution in [0.5, 0.6) is 0 Å². The SMILES string of the molecule is NC(=O)c1cc2c(nc1N1CCC3(CC1)Nc1ccccc1NC3=O)CCC2. The molecule has 2 aromatic rings. The monoisotopic (exact) mass is 377 g/mol. The minimum atomic E-state index is -0.630. The molecule has 1 aromatic carbocycles. The molecule has 28 heavy (non-hydrogen) atoms. The number of hydrogen-bond donors (Lipinski definition) is 3. The topological polar surface area (TPSA) is 100 Å². The summed E-state index contributed by atoms with van der Waals surface area (Å²) in [5.41, 5.74) is 9.47. The van der Waals surface area contributed by atoms with Gasteiger partial charge in [-0.05, 0) is 55.9 Å². The molecule has 1 aliphatic carbocycles. The molecule has 5 rings (SSSR count). The molecular weight excluding hydrogens is 354 g/mol. The van der Waals surface area contributed by atoms with Crippen molar-refractivity contribution in [3.63, 3.8) is 0 Å². The summed E-state index contributed by atoms with van der Waals surface area (Å²) in [6.07, 6.45) is 4.22. The van der Waals surface area contributed by atoms with Gasteiger partial charge in [0.1, 0.15) is 11.4 Å². The third-order valence-electron chi connectivity index (χ3n) is 6.20. The number of primary amides is 1. The number of piperidine rings is 1. The Kier molecular flexibility index (Phi) is 3.79. The van der Waals surface area contributed by atoms with Crippen molar-refractivity contribution < 1.29 is 9.59 Å². The van der Waals surface area contributed by atoms with Crippen molar-refractivity contribution in [1.82, 2.24) is 4.98 Å². The van der Waals surface area contributed by atoms with Crippen LogP contribution in [0.25, 0.3) is 0 Å². The smallest absolute Gasteiger partial charge is 0.252 e. The molecular formula is C21H23N5O2. The van der Waals surface area contributed by atoms with E-state index < -0.39 is 11.4 Å². The summed E-state index contributed by atoms with van der Waals surface area (Å²) in [6.45, 7) is 1.27. The molecule has 1 fully saturated rings. The minimum absolute atomic E-state index is 0.00267. The van der Waals surface area contributed by atoms with Gasteiger partial charge in [-0.3, -0.25) is 9.59 Å². The predicted octanol–water partition coefficient (Wildman–Crippen LogP) is 2.07. The molecule has 4 N–H and O–H groups in total. The number of pyridine rings is 1. The van der Waals surface area contributed by atoms with Crippen molar-refractivity contribution in [1.29, 1.82) is 0 Å². The highest BCUT2D eigenvalue weighted by molar-refractivity contribution is 6.06. The zero-order chi connectivity index (χ0) is 19.3. The van der Waals surface area contributed by atoms with Crippen LogP contribution in [0.4, 0.5) is 17.2 Å². The van der Waals surface area contributed by atoms with E-state index in [1.54, 1.807) is 0 Å². The molecule has 3 heterocycles. The van der Waals surface area contributed by atoms with E-state index in [0.29, 0.717) is 37.3 Å². The van der Waals surface area contributed by atoms with Gasteiger partial charge in [-0.2, -0.15) is 0 Å². The largest absolute Gasteiger partial charge is 0.369 e.